The maximum Gasteiger partial charge on any atom is 0.241 e. The summed E-state index contributed by atoms with van der Waals surface area (Å²) in [6, 6.07) is 12.5. The highest BCUT2D eigenvalue weighted by Gasteiger charge is 2.29. The first kappa shape index (κ1) is 24.5. The average Bonchev–Trinajstić information content (AvgIpc) is 2.69. The van der Waals surface area contributed by atoms with Crippen molar-refractivity contribution in [2.45, 2.75) is 89.1 Å². The summed E-state index contributed by atoms with van der Waals surface area (Å²) >= 11 is 0. The van der Waals surface area contributed by atoms with Crippen LogP contribution in [0.2, 0.25) is 0 Å². The lowest BCUT2D eigenvalue weighted by Crippen LogP contribution is -2.50. The molecule has 1 atom stereocenters. The standard InChI is InChI=1S/C26H36N2O3S/c1-19-16-20(2)25(21(3)17-19)32(30,31)28-24(18-22-12-8-7-9-13-22)26(29)27-23-14-10-5-4-6-11-15-23/h7-9,12-13,16-17,23-24,28H,4-6,10-11,14-15,18H2,1-3H3,(H,27,29). The Kier molecular flexibility index (Phi) is 8.49. The van der Waals surface area contributed by atoms with Crippen molar-refractivity contribution >= 4 is 15.9 Å². The molecule has 1 saturated carbocycles. The molecule has 32 heavy (non-hydrogen) atoms. The Morgan fingerprint density at radius 2 is 1.50 bits per heavy atom. The molecule has 1 amide bonds. The molecule has 174 valence electrons. The van der Waals surface area contributed by atoms with Crippen molar-refractivity contribution in [2.75, 3.05) is 0 Å². The van der Waals surface area contributed by atoms with Gasteiger partial charge in [0.15, 0.2) is 0 Å². The summed E-state index contributed by atoms with van der Waals surface area (Å²) in [7, 11) is -3.87. The van der Waals surface area contributed by atoms with Gasteiger partial charge in [-0.15, -0.1) is 0 Å². The maximum atomic E-state index is 13.4. The number of hydrogen-bond donors (Lipinski definition) is 2. The van der Waals surface area contributed by atoms with Gasteiger partial charge >= 0.3 is 0 Å². The third-order valence-corrected chi connectivity index (χ3v) is 8.00. The number of aryl methyl sites for hydroxylation is 3. The highest BCUT2D eigenvalue weighted by atomic mass is 32.2. The van der Waals surface area contributed by atoms with E-state index in [1.165, 1.54) is 19.3 Å². The first-order chi connectivity index (χ1) is 15.3. The second kappa shape index (κ2) is 11.1. The summed E-state index contributed by atoms with van der Waals surface area (Å²) in [6.45, 7) is 5.55. The molecule has 1 unspecified atom stereocenters. The van der Waals surface area contributed by atoms with Gasteiger partial charge in [0.2, 0.25) is 15.9 Å². The molecule has 2 N–H and O–H groups in total. The fourth-order valence-electron chi connectivity index (χ4n) is 4.78. The first-order valence-electron chi connectivity index (χ1n) is 11.7. The van der Waals surface area contributed by atoms with Crippen LogP contribution in [0.15, 0.2) is 47.4 Å². The Labute approximate surface area is 193 Å². The van der Waals surface area contributed by atoms with Gasteiger partial charge in [-0.25, -0.2) is 8.42 Å². The summed E-state index contributed by atoms with van der Waals surface area (Å²) in [6.07, 6.45) is 8.05. The molecule has 0 bridgehead atoms. The third kappa shape index (κ3) is 6.66. The summed E-state index contributed by atoms with van der Waals surface area (Å²) in [5, 5.41) is 3.15. The number of amides is 1. The zero-order valence-corrected chi connectivity index (χ0v) is 20.3. The molecule has 1 fully saturated rings. The molecule has 1 aliphatic rings. The van der Waals surface area contributed by atoms with Crippen LogP contribution in [0.1, 0.15) is 67.2 Å². The molecular weight excluding hydrogens is 420 g/mol. The molecule has 0 heterocycles. The van der Waals surface area contributed by atoms with Crippen LogP contribution in [0.4, 0.5) is 0 Å². The van der Waals surface area contributed by atoms with Crippen molar-refractivity contribution < 1.29 is 13.2 Å². The molecular formula is C26H36N2O3S. The van der Waals surface area contributed by atoms with E-state index in [-0.39, 0.29) is 16.8 Å². The highest BCUT2D eigenvalue weighted by Crippen LogP contribution is 2.23. The predicted molar refractivity (Wildman–Crippen MR) is 129 cm³/mol. The van der Waals surface area contributed by atoms with Gasteiger partial charge in [-0.2, -0.15) is 4.72 Å². The molecule has 1 aliphatic carbocycles. The van der Waals surface area contributed by atoms with E-state index in [2.05, 4.69) is 10.0 Å². The van der Waals surface area contributed by atoms with E-state index >= 15 is 0 Å². The third-order valence-electron chi connectivity index (χ3n) is 6.22. The SMILES string of the molecule is Cc1cc(C)c(S(=O)(=O)NC(Cc2ccccc2)C(=O)NC2CCCCCCC2)c(C)c1. The highest BCUT2D eigenvalue weighted by molar-refractivity contribution is 7.89. The second-order valence-corrected chi connectivity index (χ2v) is 10.8. The Balaban J connectivity index is 1.84. The summed E-state index contributed by atoms with van der Waals surface area (Å²) in [5.74, 6) is -0.245. The van der Waals surface area contributed by atoms with Gasteiger partial charge in [0.25, 0.3) is 0 Å². The Morgan fingerprint density at radius 3 is 2.09 bits per heavy atom. The lowest BCUT2D eigenvalue weighted by Gasteiger charge is -2.25. The van der Waals surface area contributed by atoms with Crippen LogP contribution in [0.25, 0.3) is 0 Å². The van der Waals surface area contributed by atoms with E-state index in [4.69, 9.17) is 0 Å². The van der Waals surface area contributed by atoms with Gasteiger partial charge in [-0.05, 0) is 56.7 Å². The topological polar surface area (TPSA) is 75.3 Å². The molecule has 3 rings (SSSR count). The lowest BCUT2D eigenvalue weighted by molar-refractivity contribution is -0.123. The van der Waals surface area contributed by atoms with E-state index < -0.39 is 16.1 Å². The van der Waals surface area contributed by atoms with E-state index in [1.807, 2.05) is 49.4 Å². The maximum absolute atomic E-state index is 13.4. The minimum Gasteiger partial charge on any atom is -0.352 e. The van der Waals surface area contributed by atoms with Crippen molar-refractivity contribution in [3.8, 4) is 0 Å². The van der Waals surface area contributed by atoms with Crippen LogP contribution in [0, 0.1) is 20.8 Å². The van der Waals surface area contributed by atoms with E-state index in [0.29, 0.717) is 17.5 Å². The molecule has 0 aliphatic heterocycles. The van der Waals surface area contributed by atoms with Gasteiger partial charge in [0.05, 0.1) is 4.90 Å². The number of sulfonamides is 1. The minimum absolute atomic E-state index is 0.105. The predicted octanol–water partition coefficient (Wildman–Crippen LogP) is 4.73. The van der Waals surface area contributed by atoms with Gasteiger partial charge in [-0.3, -0.25) is 4.79 Å². The second-order valence-electron chi connectivity index (χ2n) is 9.14. The molecule has 0 spiro atoms. The van der Waals surface area contributed by atoms with E-state index in [1.54, 1.807) is 13.8 Å². The Morgan fingerprint density at radius 1 is 0.938 bits per heavy atom. The average molecular weight is 457 g/mol. The minimum atomic E-state index is -3.87. The fourth-order valence-corrected chi connectivity index (χ4v) is 6.43. The largest absolute Gasteiger partial charge is 0.352 e. The number of benzene rings is 2. The van der Waals surface area contributed by atoms with Crippen LogP contribution in [0.3, 0.4) is 0 Å². The van der Waals surface area contributed by atoms with Crippen molar-refractivity contribution in [3.05, 3.63) is 64.7 Å². The summed E-state index contributed by atoms with van der Waals surface area (Å²) in [5.41, 5.74) is 3.31. The molecule has 6 heteroatoms. The molecule has 0 radical (unpaired) electrons. The van der Waals surface area contributed by atoms with Crippen LogP contribution >= 0.6 is 0 Å². The smallest absolute Gasteiger partial charge is 0.241 e. The van der Waals surface area contributed by atoms with Crippen LogP contribution in [0.5, 0.6) is 0 Å². The number of nitrogens with one attached hydrogen (secondary N) is 2. The van der Waals surface area contributed by atoms with Crippen LogP contribution in [-0.4, -0.2) is 26.4 Å². The molecule has 0 aromatic heterocycles. The van der Waals surface area contributed by atoms with Crippen molar-refractivity contribution in [1.29, 1.82) is 0 Å². The van der Waals surface area contributed by atoms with Crippen LogP contribution in [-0.2, 0) is 21.2 Å². The van der Waals surface area contributed by atoms with E-state index in [0.717, 1.165) is 36.8 Å². The summed E-state index contributed by atoms with van der Waals surface area (Å²) in [4.78, 5) is 13.6. The fraction of sp³-hybridized carbons (Fsp3) is 0.500. The number of rotatable bonds is 7. The molecule has 0 saturated heterocycles. The lowest BCUT2D eigenvalue weighted by atomic mass is 9.96. The Bertz CT molecular complexity index is 988. The molecule has 2 aromatic carbocycles. The molecule has 2 aromatic rings. The van der Waals surface area contributed by atoms with E-state index in [9.17, 15) is 13.2 Å². The van der Waals surface area contributed by atoms with Gasteiger partial charge in [-0.1, -0.05) is 80.1 Å². The van der Waals surface area contributed by atoms with Crippen LogP contribution < -0.4 is 10.0 Å². The van der Waals surface area contributed by atoms with Crippen molar-refractivity contribution in [3.63, 3.8) is 0 Å². The zero-order chi connectivity index (χ0) is 23.1. The van der Waals surface area contributed by atoms with Gasteiger partial charge in [0.1, 0.15) is 6.04 Å². The molecule has 5 nitrogen and oxygen atoms in total. The number of hydrogen-bond acceptors (Lipinski definition) is 3. The van der Waals surface area contributed by atoms with Crippen molar-refractivity contribution in [2.24, 2.45) is 0 Å². The zero-order valence-electron chi connectivity index (χ0n) is 19.5. The Hall–Kier alpha value is -2.18. The monoisotopic (exact) mass is 456 g/mol. The van der Waals surface area contributed by atoms with Crippen molar-refractivity contribution in [1.82, 2.24) is 10.0 Å². The quantitative estimate of drug-likeness (QED) is 0.632. The normalized spacial score (nSPS) is 16.7. The number of carbonyl (C=O) groups excluding carboxylic acids is 1. The van der Waals surface area contributed by atoms with Gasteiger partial charge in [0, 0.05) is 6.04 Å². The summed E-state index contributed by atoms with van der Waals surface area (Å²) < 4.78 is 29.5. The first-order valence-corrected chi connectivity index (χ1v) is 13.2. The number of carbonyl (C=O) groups is 1. The van der Waals surface area contributed by atoms with Gasteiger partial charge < -0.3 is 5.32 Å².